The second-order valence-electron chi connectivity index (χ2n) is 5.63. The van der Waals surface area contributed by atoms with Crippen molar-refractivity contribution in [2.24, 2.45) is 11.7 Å². The van der Waals surface area contributed by atoms with Crippen LogP contribution in [0.4, 0.5) is 5.13 Å². The van der Waals surface area contributed by atoms with E-state index in [-0.39, 0.29) is 6.04 Å². The molecule has 0 radical (unpaired) electrons. The van der Waals surface area contributed by atoms with Crippen LogP contribution in [-0.2, 0) is 4.79 Å². The lowest BCUT2D eigenvalue weighted by Gasteiger charge is -2.23. The molecule has 0 aliphatic heterocycles. The van der Waals surface area contributed by atoms with Gasteiger partial charge in [-0.15, -0.1) is 11.3 Å². The molecule has 114 valence electrons. The molecule has 7 heteroatoms. The fourth-order valence-corrected chi connectivity index (χ4v) is 2.81. The topological polar surface area (TPSA) is 91.5 Å². The molecule has 1 aromatic rings. The highest BCUT2D eigenvalue weighted by atomic mass is 32.1. The Morgan fingerprint density at radius 3 is 2.70 bits per heavy atom. The lowest BCUT2D eigenvalue weighted by Crippen LogP contribution is -2.33. The van der Waals surface area contributed by atoms with Crippen LogP contribution in [0, 0.1) is 5.92 Å². The third kappa shape index (κ3) is 5.44. The predicted octanol–water partition coefficient (Wildman–Crippen LogP) is 1.62. The van der Waals surface area contributed by atoms with Gasteiger partial charge in [-0.2, -0.15) is 0 Å². The van der Waals surface area contributed by atoms with Crippen LogP contribution in [0.5, 0.6) is 0 Å². The molecule has 20 heavy (non-hydrogen) atoms. The van der Waals surface area contributed by atoms with E-state index in [1.54, 1.807) is 5.38 Å². The number of carboxylic acid groups (broad SMARTS) is 1. The lowest BCUT2D eigenvalue weighted by molar-refractivity contribution is -0.138. The summed E-state index contributed by atoms with van der Waals surface area (Å²) in [5, 5.41) is 14.7. The molecule has 0 bridgehead atoms. The standard InChI is InChI=1S/C13H24N4O2S/c1-8(2)5-9(6-17(3)4)15-13-16-10(7-20-13)11(14)12(18)19/h7-9,11H,5-6,14H2,1-4H3,(H,15,16)(H,18,19). The van der Waals surface area contributed by atoms with Crippen LogP contribution >= 0.6 is 11.3 Å². The van der Waals surface area contributed by atoms with Gasteiger partial charge in [0.05, 0.1) is 5.69 Å². The summed E-state index contributed by atoms with van der Waals surface area (Å²) in [5.41, 5.74) is 5.95. The van der Waals surface area contributed by atoms with Crippen molar-refractivity contribution in [2.75, 3.05) is 26.0 Å². The minimum atomic E-state index is -1.06. The molecular formula is C13H24N4O2S. The molecule has 0 amide bonds. The fraction of sp³-hybridized carbons (Fsp3) is 0.692. The molecule has 2 atom stereocenters. The number of carboxylic acids is 1. The van der Waals surface area contributed by atoms with Crippen molar-refractivity contribution in [3.63, 3.8) is 0 Å². The summed E-state index contributed by atoms with van der Waals surface area (Å²) in [6.45, 7) is 5.26. The molecule has 1 rings (SSSR count). The summed E-state index contributed by atoms with van der Waals surface area (Å²) in [4.78, 5) is 17.2. The summed E-state index contributed by atoms with van der Waals surface area (Å²) < 4.78 is 0. The smallest absolute Gasteiger partial charge is 0.326 e. The Morgan fingerprint density at radius 1 is 1.55 bits per heavy atom. The summed E-state index contributed by atoms with van der Waals surface area (Å²) in [6, 6.07) is -0.774. The maximum Gasteiger partial charge on any atom is 0.326 e. The average molecular weight is 300 g/mol. The van der Waals surface area contributed by atoms with Crippen molar-refractivity contribution in [3.8, 4) is 0 Å². The van der Waals surface area contributed by atoms with E-state index < -0.39 is 12.0 Å². The van der Waals surface area contributed by atoms with E-state index in [0.29, 0.717) is 11.6 Å². The first-order valence-corrected chi connectivity index (χ1v) is 7.52. The molecule has 0 fully saturated rings. The van der Waals surface area contributed by atoms with Crippen molar-refractivity contribution in [1.29, 1.82) is 0 Å². The molecule has 2 unspecified atom stereocenters. The number of nitrogens with zero attached hydrogens (tertiary/aromatic N) is 2. The van der Waals surface area contributed by atoms with Gasteiger partial charge in [-0.05, 0) is 26.4 Å². The first kappa shape index (κ1) is 16.9. The number of anilines is 1. The number of thiazole rings is 1. The Hall–Kier alpha value is -1.18. The van der Waals surface area contributed by atoms with E-state index in [9.17, 15) is 4.79 Å². The van der Waals surface area contributed by atoms with Crippen molar-refractivity contribution in [2.45, 2.75) is 32.4 Å². The second-order valence-corrected chi connectivity index (χ2v) is 6.48. The molecule has 1 aromatic heterocycles. The highest BCUT2D eigenvalue weighted by molar-refractivity contribution is 7.13. The minimum Gasteiger partial charge on any atom is -0.480 e. The van der Waals surface area contributed by atoms with Gasteiger partial charge in [-0.25, -0.2) is 4.98 Å². The Bertz CT molecular complexity index is 424. The van der Waals surface area contributed by atoms with Gasteiger partial charge in [0.1, 0.15) is 6.04 Å². The number of aliphatic carboxylic acids is 1. The van der Waals surface area contributed by atoms with Gasteiger partial charge < -0.3 is 21.1 Å². The minimum absolute atomic E-state index is 0.282. The van der Waals surface area contributed by atoms with Gasteiger partial charge in [-0.1, -0.05) is 13.8 Å². The summed E-state index contributed by atoms with van der Waals surface area (Å²) in [5.74, 6) is -0.484. The monoisotopic (exact) mass is 300 g/mol. The number of aromatic nitrogens is 1. The predicted molar refractivity (Wildman–Crippen MR) is 82.1 cm³/mol. The molecule has 0 saturated heterocycles. The van der Waals surface area contributed by atoms with Crippen LogP contribution in [-0.4, -0.2) is 47.6 Å². The first-order chi connectivity index (χ1) is 9.29. The molecule has 1 heterocycles. The maximum absolute atomic E-state index is 10.8. The van der Waals surface area contributed by atoms with Gasteiger partial charge in [0.15, 0.2) is 5.13 Å². The number of nitrogens with one attached hydrogen (secondary N) is 1. The van der Waals surface area contributed by atoms with Crippen molar-refractivity contribution in [1.82, 2.24) is 9.88 Å². The van der Waals surface area contributed by atoms with Gasteiger partial charge >= 0.3 is 5.97 Å². The van der Waals surface area contributed by atoms with Gasteiger partial charge in [-0.3, -0.25) is 4.79 Å². The van der Waals surface area contributed by atoms with Crippen molar-refractivity contribution >= 4 is 22.4 Å². The maximum atomic E-state index is 10.8. The van der Waals surface area contributed by atoms with E-state index in [1.807, 2.05) is 14.1 Å². The Kier molecular flexibility index (Phi) is 6.38. The van der Waals surface area contributed by atoms with Gasteiger partial charge in [0.25, 0.3) is 0 Å². The zero-order valence-corrected chi connectivity index (χ0v) is 13.3. The van der Waals surface area contributed by atoms with Crippen LogP contribution < -0.4 is 11.1 Å². The van der Waals surface area contributed by atoms with Crippen molar-refractivity contribution < 1.29 is 9.90 Å². The Balaban J connectivity index is 2.71. The number of hydrogen-bond acceptors (Lipinski definition) is 6. The summed E-state index contributed by atoms with van der Waals surface area (Å²) in [7, 11) is 4.06. The molecule has 0 aliphatic carbocycles. The van der Waals surface area contributed by atoms with Crippen molar-refractivity contribution in [3.05, 3.63) is 11.1 Å². The van der Waals surface area contributed by atoms with E-state index in [4.69, 9.17) is 10.8 Å². The van der Waals surface area contributed by atoms with Crippen LogP contribution in [0.1, 0.15) is 32.0 Å². The van der Waals surface area contributed by atoms with E-state index in [2.05, 4.69) is 29.0 Å². The lowest BCUT2D eigenvalue weighted by atomic mass is 10.0. The van der Waals surface area contributed by atoms with Crippen LogP contribution in [0.2, 0.25) is 0 Å². The molecule has 0 aliphatic rings. The molecule has 4 N–H and O–H groups in total. The zero-order valence-electron chi connectivity index (χ0n) is 12.5. The zero-order chi connectivity index (χ0) is 15.3. The largest absolute Gasteiger partial charge is 0.480 e. The number of likely N-dealkylation sites (N-methyl/N-ethyl adjacent to an activating group) is 1. The van der Waals surface area contributed by atoms with E-state index in [0.717, 1.165) is 18.1 Å². The number of hydrogen-bond donors (Lipinski definition) is 3. The fourth-order valence-electron chi connectivity index (χ4n) is 1.99. The molecule has 6 nitrogen and oxygen atoms in total. The third-order valence-corrected chi connectivity index (χ3v) is 3.57. The highest BCUT2D eigenvalue weighted by Crippen LogP contribution is 2.21. The van der Waals surface area contributed by atoms with E-state index in [1.165, 1.54) is 11.3 Å². The normalized spacial score (nSPS) is 14.6. The molecule has 0 aromatic carbocycles. The Morgan fingerprint density at radius 2 is 2.20 bits per heavy atom. The quantitative estimate of drug-likeness (QED) is 0.675. The summed E-state index contributed by atoms with van der Waals surface area (Å²) >= 11 is 1.39. The van der Waals surface area contributed by atoms with Gasteiger partial charge in [0.2, 0.25) is 0 Å². The average Bonchev–Trinajstić information content (AvgIpc) is 2.74. The number of rotatable bonds is 8. The number of nitrogens with two attached hydrogens (primary N) is 1. The third-order valence-electron chi connectivity index (χ3n) is 2.78. The van der Waals surface area contributed by atoms with Gasteiger partial charge in [0, 0.05) is 18.0 Å². The second kappa shape index (κ2) is 7.56. The SMILES string of the molecule is CC(C)CC(CN(C)C)Nc1nc(C(N)C(=O)O)cs1. The molecule has 0 spiro atoms. The molecule has 0 saturated carbocycles. The molecular weight excluding hydrogens is 276 g/mol. The van der Waals surface area contributed by atoms with E-state index >= 15 is 0 Å². The summed E-state index contributed by atoms with van der Waals surface area (Å²) in [6.07, 6.45) is 1.03. The Labute approximate surface area is 124 Å². The highest BCUT2D eigenvalue weighted by Gasteiger charge is 2.19. The van der Waals surface area contributed by atoms with Crippen LogP contribution in [0.15, 0.2) is 5.38 Å². The van der Waals surface area contributed by atoms with Crippen LogP contribution in [0.25, 0.3) is 0 Å². The van der Waals surface area contributed by atoms with Crippen LogP contribution in [0.3, 0.4) is 0 Å². The first-order valence-electron chi connectivity index (χ1n) is 6.64. The number of carbonyl (C=O) groups is 1.